The number of hydrogen-bond acceptors (Lipinski definition) is 8. The van der Waals surface area contributed by atoms with Crippen molar-refractivity contribution >= 4 is 29.1 Å². The lowest BCUT2D eigenvalue weighted by Crippen LogP contribution is -2.57. The minimum Gasteiger partial charge on any atom is -0.392 e. The molecule has 0 aliphatic carbocycles. The number of likely N-dealkylation sites (tertiary alicyclic amines) is 1. The molecule has 4 atom stereocenters. The summed E-state index contributed by atoms with van der Waals surface area (Å²) in [5.41, 5.74) is 4.53. The average molecular weight is 718 g/mol. The first-order chi connectivity index (χ1) is 25.8. The highest BCUT2D eigenvalue weighted by Gasteiger charge is 2.50. The second kappa shape index (κ2) is 16.3. The summed E-state index contributed by atoms with van der Waals surface area (Å²) < 4.78 is 13.2. The molecule has 4 N–H and O–H groups in total. The van der Waals surface area contributed by atoms with Crippen LogP contribution in [0.25, 0.3) is 0 Å². The van der Waals surface area contributed by atoms with E-state index < -0.39 is 23.9 Å². The summed E-state index contributed by atoms with van der Waals surface area (Å²) in [5.74, 6) is -0.0419. The lowest BCUT2D eigenvalue weighted by atomic mass is 9.85. The fraction of sp³-hybridized carbons (Fsp3) is 0.357. The van der Waals surface area contributed by atoms with Crippen molar-refractivity contribution in [2.75, 3.05) is 36.5 Å². The third-order valence-corrected chi connectivity index (χ3v) is 10.7. The fourth-order valence-electron chi connectivity index (χ4n) is 7.69. The fourth-order valence-corrected chi connectivity index (χ4v) is 7.69. The summed E-state index contributed by atoms with van der Waals surface area (Å²) in [7, 11) is 0. The number of anilines is 2. The Morgan fingerprint density at radius 1 is 0.887 bits per heavy atom. The van der Waals surface area contributed by atoms with Gasteiger partial charge >= 0.3 is 6.03 Å². The molecule has 3 aliphatic rings. The van der Waals surface area contributed by atoms with Gasteiger partial charge in [-0.1, -0.05) is 84.9 Å². The zero-order chi connectivity index (χ0) is 36.8. The Kier molecular flexibility index (Phi) is 11.2. The second-order valence-corrected chi connectivity index (χ2v) is 14.2. The predicted molar refractivity (Wildman–Crippen MR) is 202 cm³/mol. The minimum absolute atomic E-state index is 0.0386. The number of piperidine rings is 1. The van der Waals surface area contributed by atoms with Crippen LogP contribution in [0.4, 0.5) is 16.2 Å². The quantitative estimate of drug-likeness (QED) is 0.161. The summed E-state index contributed by atoms with van der Waals surface area (Å²) in [6.07, 6.45) is 1.27. The molecule has 0 bridgehead atoms. The van der Waals surface area contributed by atoms with Gasteiger partial charge in [0.15, 0.2) is 12.1 Å². The van der Waals surface area contributed by atoms with Gasteiger partial charge < -0.3 is 40.3 Å². The van der Waals surface area contributed by atoms with Gasteiger partial charge in [0.1, 0.15) is 5.54 Å². The van der Waals surface area contributed by atoms with Crippen molar-refractivity contribution in [1.82, 2.24) is 15.5 Å². The van der Waals surface area contributed by atoms with Gasteiger partial charge in [-0.25, -0.2) is 4.79 Å². The minimum atomic E-state index is -0.713. The van der Waals surface area contributed by atoms with Crippen molar-refractivity contribution in [2.45, 2.75) is 69.3 Å². The molecule has 7 rings (SSSR count). The van der Waals surface area contributed by atoms with Crippen LogP contribution >= 0.6 is 0 Å². The summed E-state index contributed by atoms with van der Waals surface area (Å²) in [4.78, 5) is 43.3. The van der Waals surface area contributed by atoms with E-state index in [2.05, 4.69) is 37.9 Å². The van der Waals surface area contributed by atoms with E-state index in [1.165, 1.54) is 6.92 Å². The highest BCUT2D eigenvalue weighted by molar-refractivity contribution is 5.94. The second-order valence-electron chi connectivity index (χ2n) is 14.2. The van der Waals surface area contributed by atoms with Crippen LogP contribution in [-0.2, 0) is 32.1 Å². The number of Topliss-reactive ketones (excluding diaryl/α,β-unsaturated/α-hetero) is 1. The first kappa shape index (κ1) is 36.3. The number of ketones is 1. The molecule has 0 saturated carbocycles. The molecule has 4 aromatic carbocycles. The predicted octanol–water partition coefficient (Wildman–Crippen LogP) is 5.47. The van der Waals surface area contributed by atoms with Crippen LogP contribution in [0, 0.1) is 0 Å². The molecular weight excluding hydrogens is 670 g/mol. The summed E-state index contributed by atoms with van der Waals surface area (Å²) in [6.45, 7) is 4.11. The van der Waals surface area contributed by atoms with Gasteiger partial charge in [-0.2, -0.15) is 0 Å². The van der Waals surface area contributed by atoms with Gasteiger partial charge in [0.05, 0.1) is 31.5 Å². The maximum atomic E-state index is 13.3. The Morgan fingerprint density at radius 2 is 1.60 bits per heavy atom. The highest BCUT2D eigenvalue weighted by atomic mass is 16.7. The molecule has 3 aliphatic heterocycles. The number of urea groups is 1. The van der Waals surface area contributed by atoms with Gasteiger partial charge in [0.25, 0.3) is 0 Å². The molecule has 0 aromatic heterocycles. The van der Waals surface area contributed by atoms with E-state index in [0.717, 1.165) is 41.0 Å². The number of aliphatic hydroxyl groups is 1. The molecule has 4 unspecified atom stereocenters. The van der Waals surface area contributed by atoms with Crippen LogP contribution in [0.2, 0.25) is 0 Å². The van der Waals surface area contributed by atoms with Gasteiger partial charge in [0.2, 0.25) is 5.91 Å². The Balaban J connectivity index is 1.04. The molecule has 4 aromatic rings. The lowest BCUT2D eigenvalue weighted by Gasteiger charge is -2.45. The van der Waals surface area contributed by atoms with Gasteiger partial charge in [0, 0.05) is 43.0 Å². The van der Waals surface area contributed by atoms with Crippen molar-refractivity contribution in [2.24, 2.45) is 0 Å². The highest BCUT2D eigenvalue weighted by Crippen LogP contribution is 2.40. The first-order valence-corrected chi connectivity index (χ1v) is 18.4. The molecule has 3 saturated heterocycles. The van der Waals surface area contributed by atoms with Crippen molar-refractivity contribution in [1.29, 1.82) is 0 Å². The number of nitrogens with one attached hydrogen (secondary N) is 3. The molecule has 53 heavy (non-hydrogen) atoms. The number of carbonyl (C=O) groups excluding carboxylic acids is 3. The molecule has 0 radical (unpaired) electrons. The average Bonchev–Trinajstić information content (AvgIpc) is 3.50. The van der Waals surface area contributed by atoms with E-state index in [1.54, 1.807) is 6.07 Å². The number of amides is 3. The number of nitrogens with zero attached hydrogens (tertiary/aromatic N) is 2. The summed E-state index contributed by atoms with van der Waals surface area (Å²) in [5, 5.41) is 18.4. The number of rotatable bonds is 11. The van der Waals surface area contributed by atoms with Crippen molar-refractivity contribution in [3.63, 3.8) is 0 Å². The number of benzene rings is 4. The maximum absolute atomic E-state index is 13.3. The van der Waals surface area contributed by atoms with Crippen LogP contribution in [0.3, 0.4) is 0 Å². The number of carbonyl (C=O) groups is 3. The normalized spacial score (nSPS) is 21.9. The lowest BCUT2D eigenvalue weighted by molar-refractivity contribution is -0.253. The van der Waals surface area contributed by atoms with Crippen molar-refractivity contribution in [3.05, 3.63) is 131 Å². The Labute approximate surface area is 310 Å². The topological polar surface area (TPSA) is 132 Å². The molecule has 3 fully saturated rings. The molecule has 11 nitrogen and oxygen atoms in total. The van der Waals surface area contributed by atoms with Crippen LogP contribution in [0.15, 0.2) is 109 Å². The number of ether oxygens (including phenoxy) is 2. The van der Waals surface area contributed by atoms with Gasteiger partial charge in [-0.05, 0) is 67.1 Å². The van der Waals surface area contributed by atoms with E-state index in [9.17, 15) is 19.5 Å². The smallest absolute Gasteiger partial charge is 0.319 e. The van der Waals surface area contributed by atoms with E-state index in [0.29, 0.717) is 44.6 Å². The zero-order valence-corrected chi connectivity index (χ0v) is 29.9. The number of aliphatic hydroxyl groups excluding tert-OH is 1. The molecular formula is C42H47N5O6. The van der Waals surface area contributed by atoms with Crippen molar-refractivity contribution in [3.8, 4) is 0 Å². The monoisotopic (exact) mass is 717 g/mol. The van der Waals surface area contributed by atoms with Gasteiger partial charge in [-0.3, -0.25) is 9.59 Å². The standard InChI is InChI=1S/C42H47N5O6/c1-29(49)37(23-30-9-4-2-5-10-30)45-41(51)44-34-12-8-11-33(24-34)39-52-36(25-38(53-39)32-17-15-31(27-48)16-18-32)26-46-21-19-42(20-22-46)40(50)43-28-47(42)35-13-6-3-7-14-35/h2-18,24,36-39,48H,19-23,25-28H2,1H3,(H,43,50)(H2,44,45,51). The molecule has 3 heterocycles. The first-order valence-electron chi connectivity index (χ1n) is 18.4. The van der Waals surface area contributed by atoms with E-state index in [4.69, 9.17) is 9.47 Å². The van der Waals surface area contributed by atoms with Crippen molar-refractivity contribution < 1.29 is 29.0 Å². The third kappa shape index (κ3) is 8.44. The maximum Gasteiger partial charge on any atom is 0.319 e. The number of hydrogen-bond donors (Lipinski definition) is 4. The van der Waals surface area contributed by atoms with Crippen LogP contribution in [0.1, 0.15) is 60.8 Å². The SMILES string of the molecule is CC(=O)C(Cc1ccccc1)NC(=O)Nc1cccc(C2OC(CN3CCC4(CC3)C(=O)NCN4c3ccccc3)CC(c3ccc(CO)cc3)O2)c1. The van der Waals surface area contributed by atoms with Crippen LogP contribution in [-0.4, -0.2) is 71.7 Å². The Bertz CT molecular complexity index is 1870. The molecule has 276 valence electrons. The molecule has 11 heteroatoms. The molecule has 1 spiro atoms. The van der Waals surface area contributed by atoms with E-state index in [-0.39, 0.29) is 30.5 Å². The number of para-hydroxylation sites is 1. The van der Waals surface area contributed by atoms with Gasteiger partial charge in [-0.15, -0.1) is 0 Å². The van der Waals surface area contributed by atoms with Crippen LogP contribution in [0.5, 0.6) is 0 Å². The summed E-state index contributed by atoms with van der Waals surface area (Å²) >= 11 is 0. The molecule has 3 amide bonds. The largest absolute Gasteiger partial charge is 0.392 e. The zero-order valence-electron chi connectivity index (χ0n) is 29.9. The van der Waals surface area contributed by atoms with E-state index in [1.807, 2.05) is 91.0 Å². The van der Waals surface area contributed by atoms with E-state index >= 15 is 0 Å². The van der Waals surface area contributed by atoms with Crippen LogP contribution < -0.4 is 20.9 Å². The summed E-state index contributed by atoms with van der Waals surface area (Å²) in [6, 6.07) is 33.7. The third-order valence-electron chi connectivity index (χ3n) is 10.7. The Morgan fingerprint density at radius 3 is 2.30 bits per heavy atom. The Hall–Kier alpha value is -5.07.